The fourth-order valence-electron chi connectivity index (χ4n) is 4.51. The van der Waals surface area contributed by atoms with E-state index in [-0.39, 0.29) is 5.60 Å². The van der Waals surface area contributed by atoms with Crippen molar-refractivity contribution in [2.75, 3.05) is 19.8 Å². The zero-order valence-corrected chi connectivity index (χ0v) is 12.3. The van der Waals surface area contributed by atoms with E-state index in [1.165, 1.54) is 32.1 Å². The smallest absolute Gasteiger partial charge is 0.0729 e. The molecule has 2 saturated heterocycles. The number of rotatable bonds is 1. The molecule has 0 radical (unpaired) electrons. The molecule has 1 spiro atoms. The first-order chi connectivity index (χ1) is 9.19. The molecule has 3 fully saturated rings. The number of nitrogens with two attached hydrogens (primary N) is 1. The van der Waals surface area contributed by atoms with E-state index in [1.807, 2.05) is 0 Å². The summed E-state index contributed by atoms with van der Waals surface area (Å²) in [6.45, 7) is 5.07. The van der Waals surface area contributed by atoms with Crippen molar-refractivity contribution >= 4 is 0 Å². The van der Waals surface area contributed by atoms with Gasteiger partial charge in [0.15, 0.2) is 0 Å². The lowest BCUT2D eigenvalue weighted by molar-refractivity contribution is -0.155. The zero-order valence-electron chi connectivity index (χ0n) is 12.3. The van der Waals surface area contributed by atoms with Gasteiger partial charge in [-0.3, -0.25) is 0 Å². The molecule has 0 aromatic heterocycles. The molecule has 0 aromatic rings. The van der Waals surface area contributed by atoms with Gasteiger partial charge in [0.1, 0.15) is 0 Å². The van der Waals surface area contributed by atoms with Crippen LogP contribution in [0.2, 0.25) is 0 Å². The summed E-state index contributed by atoms with van der Waals surface area (Å²) >= 11 is 0. The van der Waals surface area contributed by atoms with Crippen molar-refractivity contribution in [3.63, 3.8) is 0 Å². The van der Waals surface area contributed by atoms with E-state index >= 15 is 0 Å². The summed E-state index contributed by atoms with van der Waals surface area (Å²) in [6.07, 6.45) is 8.48. The third-order valence-corrected chi connectivity index (χ3v) is 5.76. The quantitative estimate of drug-likeness (QED) is 0.794. The Morgan fingerprint density at radius 3 is 2.63 bits per heavy atom. The second-order valence-electron chi connectivity index (χ2n) is 7.14. The summed E-state index contributed by atoms with van der Waals surface area (Å²) in [5.74, 6) is 2.37. The minimum atomic E-state index is 0.127. The molecular formula is C16H29NO2. The van der Waals surface area contributed by atoms with Crippen molar-refractivity contribution in [1.29, 1.82) is 0 Å². The van der Waals surface area contributed by atoms with Gasteiger partial charge in [-0.2, -0.15) is 0 Å². The van der Waals surface area contributed by atoms with Gasteiger partial charge in [-0.1, -0.05) is 6.92 Å². The maximum atomic E-state index is 6.42. The fraction of sp³-hybridized carbons (Fsp3) is 1.00. The summed E-state index contributed by atoms with van der Waals surface area (Å²) in [7, 11) is 0. The molecule has 2 aliphatic heterocycles. The molecule has 0 bridgehead atoms. The van der Waals surface area contributed by atoms with Gasteiger partial charge in [0, 0.05) is 25.9 Å². The number of ether oxygens (including phenoxy) is 2. The van der Waals surface area contributed by atoms with E-state index in [9.17, 15) is 0 Å². The van der Waals surface area contributed by atoms with E-state index in [2.05, 4.69) is 6.92 Å². The summed E-state index contributed by atoms with van der Waals surface area (Å²) in [6, 6.07) is 0.427. The van der Waals surface area contributed by atoms with Crippen molar-refractivity contribution in [2.45, 2.75) is 63.5 Å². The maximum Gasteiger partial charge on any atom is 0.0729 e. The molecular weight excluding hydrogens is 238 g/mol. The monoisotopic (exact) mass is 267 g/mol. The van der Waals surface area contributed by atoms with Gasteiger partial charge in [0.25, 0.3) is 0 Å². The minimum Gasteiger partial charge on any atom is -0.381 e. The molecule has 110 valence electrons. The lowest BCUT2D eigenvalue weighted by Crippen LogP contribution is -2.49. The van der Waals surface area contributed by atoms with Crippen molar-refractivity contribution in [1.82, 2.24) is 0 Å². The molecule has 3 aliphatic rings. The van der Waals surface area contributed by atoms with E-state index in [4.69, 9.17) is 15.2 Å². The van der Waals surface area contributed by atoms with Gasteiger partial charge >= 0.3 is 0 Å². The second kappa shape index (κ2) is 5.71. The standard InChI is InChI=1S/C16H29NO2/c1-12-2-3-15(17)14(10-12)13-4-7-19-16(11-13)5-8-18-9-6-16/h12-15H,2-11,17H2,1H3. The summed E-state index contributed by atoms with van der Waals surface area (Å²) in [5, 5.41) is 0. The van der Waals surface area contributed by atoms with Crippen LogP contribution in [-0.4, -0.2) is 31.5 Å². The third kappa shape index (κ3) is 2.98. The molecule has 2 N–H and O–H groups in total. The highest BCUT2D eigenvalue weighted by atomic mass is 16.5. The normalized spacial score (nSPS) is 43.3. The lowest BCUT2D eigenvalue weighted by atomic mass is 9.67. The van der Waals surface area contributed by atoms with E-state index in [0.717, 1.165) is 50.4 Å². The van der Waals surface area contributed by atoms with Gasteiger partial charge < -0.3 is 15.2 Å². The Morgan fingerprint density at radius 2 is 1.84 bits per heavy atom. The van der Waals surface area contributed by atoms with Gasteiger partial charge in [-0.05, 0) is 62.7 Å². The molecule has 1 saturated carbocycles. The maximum absolute atomic E-state index is 6.42. The number of hydrogen-bond donors (Lipinski definition) is 1. The average Bonchev–Trinajstić information content (AvgIpc) is 2.42. The van der Waals surface area contributed by atoms with Crippen LogP contribution in [0.15, 0.2) is 0 Å². The van der Waals surface area contributed by atoms with Gasteiger partial charge in [0.05, 0.1) is 5.60 Å². The van der Waals surface area contributed by atoms with Crippen LogP contribution >= 0.6 is 0 Å². The van der Waals surface area contributed by atoms with Crippen molar-refractivity contribution in [3.05, 3.63) is 0 Å². The van der Waals surface area contributed by atoms with Crippen LogP contribution in [0.3, 0.4) is 0 Å². The number of hydrogen-bond acceptors (Lipinski definition) is 3. The predicted octanol–water partition coefficient (Wildman–Crippen LogP) is 2.73. The lowest BCUT2D eigenvalue weighted by Gasteiger charge is -2.47. The Labute approximate surface area is 117 Å². The Kier molecular flexibility index (Phi) is 4.16. The van der Waals surface area contributed by atoms with E-state index < -0.39 is 0 Å². The molecule has 3 nitrogen and oxygen atoms in total. The largest absolute Gasteiger partial charge is 0.381 e. The highest BCUT2D eigenvalue weighted by Crippen LogP contribution is 2.44. The van der Waals surface area contributed by atoms with Crippen LogP contribution in [0, 0.1) is 17.8 Å². The molecule has 3 heteroatoms. The highest BCUT2D eigenvalue weighted by Gasteiger charge is 2.43. The van der Waals surface area contributed by atoms with Crippen molar-refractivity contribution in [3.8, 4) is 0 Å². The van der Waals surface area contributed by atoms with E-state index in [0.29, 0.717) is 6.04 Å². The SMILES string of the molecule is CC1CCC(N)C(C2CCOC3(CCOCC3)C2)C1. The Morgan fingerprint density at radius 1 is 1.05 bits per heavy atom. The van der Waals surface area contributed by atoms with Gasteiger partial charge in [0.2, 0.25) is 0 Å². The van der Waals surface area contributed by atoms with Crippen LogP contribution < -0.4 is 5.73 Å². The molecule has 19 heavy (non-hydrogen) atoms. The summed E-state index contributed by atoms with van der Waals surface area (Å²) in [5.41, 5.74) is 6.55. The zero-order chi connectivity index (χ0) is 13.3. The summed E-state index contributed by atoms with van der Waals surface area (Å²) < 4.78 is 11.7. The Balaban J connectivity index is 1.66. The van der Waals surface area contributed by atoms with E-state index in [1.54, 1.807) is 0 Å². The molecule has 1 aliphatic carbocycles. The molecule has 2 heterocycles. The van der Waals surface area contributed by atoms with Crippen LogP contribution in [-0.2, 0) is 9.47 Å². The summed E-state index contributed by atoms with van der Waals surface area (Å²) in [4.78, 5) is 0. The van der Waals surface area contributed by atoms with Crippen LogP contribution in [0.25, 0.3) is 0 Å². The highest BCUT2D eigenvalue weighted by molar-refractivity contribution is 4.94. The first kappa shape index (κ1) is 13.8. The first-order valence-corrected chi connectivity index (χ1v) is 8.16. The minimum absolute atomic E-state index is 0.127. The van der Waals surface area contributed by atoms with Crippen molar-refractivity contribution in [2.24, 2.45) is 23.5 Å². The van der Waals surface area contributed by atoms with Crippen LogP contribution in [0.4, 0.5) is 0 Å². The molecule has 4 unspecified atom stereocenters. The predicted molar refractivity (Wildman–Crippen MR) is 75.9 cm³/mol. The average molecular weight is 267 g/mol. The topological polar surface area (TPSA) is 44.5 Å². The third-order valence-electron chi connectivity index (χ3n) is 5.76. The van der Waals surface area contributed by atoms with Gasteiger partial charge in [-0.25, -0.2) is 0 Å². The molecule has 3 rings (SSSR count). The molecule has 0 amide bonds. The Hall–Kier alpha value is -0.120. The van der Waals surface area contributed by atoms with Crippen LogP contribution in [0.1, 0.15) is 51.9 Å². The van der Waals surface area contributed by atoms with Crippen molar-refractivity contribution < 1.29 is 9.47 Å². The molecule has 0 aromatic carbocycles. The first-order valence-electron chi connectivity index (χ1n) is 8.16. The van der Waals surface area contributed by atoms with Crippen LogP contribution in [0.5, 0.6) is 0 Å². The molecule has 4 atom stereocenters. The second-order valence-corrected chi connectivity index (χ2v) is 7.14. The fourth-order valence-corrected chi connectivity index (χ4v) is 4.51. The van der Waals surface area contributed by atoms with Gasteiger partial charge in [-0.15, -0.1) is 0 Å². The Bertz CT molecular complexity index is 296.